The molecule has 0 aliphatic heterocycles. The Bertz CT molecular complexity index is 826. The molecule has 0 amide bonds. The number of aliphatic imine (C=N–C) groups is 2. The van der Waals surface area contributed by atoms with Crippen LogP contribution in [0, 0.1) is 0 Å². The molecule has 10 heteroatoms. The van der Waals surface area contributed by atoms with E-state index in [0.717, 1.165) is 35.6 Å². The highest BCUT2D eigenvalue weighted by Crippen LogP contribution is 2.05. The van der Waals surface area contributed by atoms with Crippen molar-refractivity contribution >= 4 is 12.4 Å². The molecule has 0 spiro atoms. The Morgan fingerprint density at radius 3 is 1.33 bits per heavy atom. The van der Waals surface area contributed by atoms with Crippen LogP contribution in [-0.2, 0) is 12.8 Å². The summed E-state index contributed by atoms with van der Waals surface area (Å²) >= 11 is 0. The molecular weight excluding hydrogens is 460 g/mol. The summed E-state index contributed by atoms with van der Waals surface area (Å²) in [5.41, 5.74) is 3.53. The summed E-state index contributed by atoms with van der Waals surface area (Å²) in [6.07, 6.45) is 5.04. The van der Waals surface area contributed by atoms with E-state index in [0.29, 0.717) is 52.4 Å². The summed E-state index contributed by atoms with van der Waals surface area (Å²) < 4.78 is 0. The molecular formula is C26H40N6O4. The van der Waals surface area contributed by atoms with E-state index < -0.39 is 0 Å². The number of nitrogens with zero attached hydrogens (tertiary/aromatic N) is 6. The number of pyridine rings is 2. The quantitative estimate of drug-likeness (QED) is 0.193. The normalized spacial score (nSPS) is 12.1. The molecule has 0 radical (unpaired) electrons. The number of hydrogen-bond acceptors (Lipinski definition) is 10. The van der Waals surface area contributed by atoms with Crippen LogP contribution in [0.5, 0.6) is 0 Å². The molecule has 36 heavy (non-hydrogen) atoms. The standard InChI is InChI=1S/C26H40N6O4/c33-17-13-31(14-18-34)11-9-27-21-25-5-1-3-23(29-25)7-8-24-4-2-6-26(30-24)22-28-10-12-32(15-19-35)16-20-36/h1-6,21-22,33-36H,7-20H2. The van der Waals surface area contributed by atoms with Gasteiger partial charge in [-0.15, -0.1) is 0 Å². The number of hydrogen-bond donors (Lipinski definition) is 4. The van der Waals surface area contributed by atoms with Crippen LogP contribution in [0.25, 0.3) is 0 Å². The van der Waals surface area contributed by atoms with Crippen molar-refractivity contribution in [3.63, 3.8) is 0 Å². The van der Waals surface area contributed by atoms with Gasteiger partial charge in [0.05, 0.1) is 50.9 Å². The molecule has 0 unspecified atom stereocenters. The molecule has 0 bridgehead atoms. The number of aliphatic hydroxyl groups excluding tert-OH is 4. The first-order valence-corrected chi connectivity index (χ1v) is 12.5. The Balaban J connectivity index is 1.83. The lowest BCUT2D eigenvalue weighted by Gasteiger charge is -2.18. The fraction of sp³-hybridized carbons (Fsp3) is 0.538. The van der Waals surface area contributed by atoms with Gasteiger partial charge in [0.25, 0.3) is 0 Å². The molecule has 0 saturated heterocycles. The molecule has 2 aromatic heterocycles. The monoisotopic (exact) mass is 500 g/mol. The van der Waals surface area contributed by atoms with Crippen LogP contribution in [0.1, 0.15) is 22.8 Å². The maximum atomic E-state index is 9.08. The second-order valence-corrected chi connectivity index (χ2v) is 8.26. The van der Waals surface area contributed by atoms with E-state index >= 15 is 0 Å². The van der Waals surface area contributed by atoms with E-state index in [1.807, 2.05) is 46.2 Å². The summed E-state index contributed by atoms with van der Waals surface area (Å²) in [6, 6.07) is 11.8. The number of aryl methyl sites for hydroxylation is 2. The van der Waals surface area contributed by atoms with E-state index in [-0.39, 0.29) is 26.4 Å². The van der Waals surface area contributed by atoms with Gasteiger partial charge in [-0.2, -0.15) is 0 Å². The highest BCUT2D eigenvalue weighted by Gasteiger charge is 2.04. The first kappa shape index (κ1) is 29.6. The second kappa shape index (κ2) is 18.6. The van der Waals surface area contributed by atoms with E-state index in [1.165, 1.54) is 0 Å². The van der Waals surface area contributed by atoms with Crippen LogP contribution in [0.2, 0.25) is 0 Å². The summed E-state index contributed by atoms with van der Waals surface area (Å²) in [4.78, 5) is 22.1. The molecule has 2 heterocycles. The average Bonchev–Trinajstić information content (AvgIpc) is 2.89. The summed E-state index contributed by atoms with van der Waals surface area (Å²) in [7, 11) is 0. The Labute approximate surface area is 213 Å². The van der Waals surface area contributed by atoms with E-state index in [9.17, 15) is 0 Å². The maximum absolute atomic E-state index is 9.08. The Morgan fingerprint density at radius 1 is 0.583 bits per heavy atom. The van der Waals surface area contributed by atoms with Crippen LogP contribution in [0.15, 0.2) is 46.4 Å². The van der Waals surface area contributed by atoms with Gasteiger partial charge in [-0.1, -0.05) is 12.1 Å². The van der Waals surface area contributed by atoms with Gasteiger partial charge in [0.15, 0.2) is 0 Å². The van der Waals surface area contributed by atoms with Crippen molar-refractivity contribution in [1.29, 1.82) is 0 Å². The summed E-state index contributed by atoms with van der Waals surface area (Å²) in [5, 5.41) is 36.3. The van der Waals surface area contributed by atoms with Gasteiger partial charge in [0.1, 0.15) is 0 Å². The molecule has 10 nitrogen and oxygen atoms in total. The van der Waals surface area contributed by atoms with Gasteiger partial charge in [-0.3, -0.25) is 29.8 Å². The van der Waals surface area contributed by atoms with Crippen molar-refractivity contribution in [3.05, 3.63) is 59.2 Å². The Kier molecular flexibility index (Phi) is 15.3. The molecule has 0 atom stereocenters. The Morgan fingerprint density at radius 2 is 0.972 bits per heavy atom. The third-order valence-electron chi connectivity index (χ3n) is 5.50. The van der Waals surface area contributed by atoms with E-state index in [2.05, 4.69) is 20.0 Å². The molecule has 0 fully saturated rings. The van der Waals surface area contributed by atoms with Crippen molar-refractivity contribution in [2.24, 2.45) is 9.98 Å². The van der Waals surface area contributed by atoms with Crippen molar-refractivity contribution in [3.8, 4) is 0 Å². The third-order valence-corrected chi connectivity index (χ3v) is 5.50. The number of aliphatic hydroxyl groups is 4. The van der Waals surface area contributed by atoms with Gasteiger partial charge in [-0.25, -0.2) is 0 Å². The summed E-state index contributed by atoms with van der Waals surface area (Å²) in [6.45, 7) is 4.85. The molecule has 2 rings (SSSR count). The minimum atomic E-state index is 0.0630. The predicted molar refractivity (Wildman–Crippen MR) is 142 cm³/mol. The lowest BCUT2D eigenvalue weighted by molar-refractivity contribution is 0.164. The van der Waals surface area contributed by atoms with Crippen LogP contribution < -0.4 is 0 Å². The van der Waals surface area contributed by atoms with Gasteiger partial charge in [0.2, 0.25) is 0 Å². The number of rotatable bonds is 19. The highest BCUT2D eigenvalue weighted by molar-refractivity contribution is 5.77. The zero-order valence-corrected chi connectivity index (χ0v) is 21.0. The molecule has 2 aromatic rings. The van der Waals surface area contributed by atoms with Crippen LogP contribution in [0.3, 0.4) is 0 Å². The highest BCUT2D eigenvalue weighted by atomic mass is 16.3. The number of aromatic nitrogens is 2. The molecule has 0 aromatic carbocycles. The zero-order valence-electron chi connectivity index (χ0n) is 21.0. The molecule has 0 saturated carbocycles. The third kappa shape index (κ3) is 12.4. The smallest absolute Gasteiger partial charge is 0.0811 e. The van der Waals surface area contributed by atoms with Gasteiger partial charge >= 0.3 is 0 Å². The molecule has 0 aliphatic carbocycles. The second-order valence-electron chi connectivity index (χ2n) is 8.26. The van der Waals surface area contributed by atoms with Crippen molar-refractivity contribution in [2.75, 3.05) is 78.8 Å². The van der Waals surface area contributed by atoms with Gasteiger partial charge < -0.3 is 20.4 Å². The van der Waals surface area contributed by atoms with E-state index in [4.69, 9.17) is 20.4 Å². The van der Waals surface area contributed by atoms with Crippen molar-refractivity contribution in [2.45, 2.75) is 12.8 Å². The first-order valence-electron chi connectivity index (χ1n) is 12.5. The SMILES string of the molecule is OCCN(CCO)CCN=Cc1cccc(CCc2cccc(C=NCCN(CCO)CCO)n2)n1. The minimum absolute atomic E-state index is 0.0630. The largest absolute Gasteiger partial charge is 0.395 e. The molecule has 0 aliphatic rings. The molecule has 198 valence electrons. The zero-order chi connectivity index (χ0) is 25.8. The maximum Gasteiger partial charge on any atom is 0.0811 e. The Hall–Kier alpha value is -2.60. The minimum Gasteiger partial charge on any atom is -0.395 e. The van der Waals surface area contributed by atoms with Gasteiger partial charge in [0, 0.05) is 63.1 Å². The lowest BCUT2D eigenvalue weighted by atomic mass is 10.1. The topological polar surface area (TPSA) is 138 Å². The average molecular weight is 501 g/mol. The van der Waals surface area contributed by atoms with Crippen LogP contribution in [0.4, 0.5) is 0 Å². The van der Waals surface area contributed by atoms with Gasteiger partial charge in [-0.05, 0) is 37.1 Å². The first-order chi connectivity index (χ1) is 17.7. The molecule has 4 N–H and O–H groups in total. The fourth-order valence-corrected chi connectivity index (χ4v) is 3.63. The van der Waals surface area contributed by atoms with Crippen LogP contribution in [-0.4, -0.2) is 131 Å². The predicted octanol–water partition coefficient (Wildman–Crippen LogP) is -0.327. The van der Waals surface area contributed by atoms with E-state index in [1.54, 1.807) is 12.4 Å². The van der Waals surface area contributed by atoms with Crippen LogP contribution >= 0.6 is 0 Å². The van der Waals surface area contributed by atoms with Crippen molar-refractivity contribution < 1.29 is 20.4 Å². The fourth-order valence-electron chi connectivity index (χ4n) is 3.63. The van der Waals surface area contributed by atoms with Crippen molar-refractivity contribution in [1.82, 2.24) is 19.8 Å². The summed E-state index contributed by atoms with van der Waals surface area (Å²) in [5.74, 6) is 0. The lowest BCUT2D eigenvalue weighted by Crippen LogP contribution is -2.32.